The number of carbonyl (C=O) groups excluding carboxylic acids is 1. The van der Waals surface area contributed by atoms with E-state index in [0.29, 0.717) is 18.0 Å². The fraction of sp³-hybridized carbons (Fsp3) is 0.562. The van der Waals surface area contributed by atoms with E-state index in [0.717, 1.165) is 24.9 Å². The molecule has 1 fully saturated rings. The molecular weight excluding hydrogens is 291 g/mol. The molecule has 118 valence electrons. The monoisotopic (exact) mass is 314 g/mol. The highest BCUT2D eigenvalue weighted by atomic mass is 35.5. The number of aryl methyl sites for hydroxylation is 1. The summed E-state index contributed by atoms with van der Waals surface area (Å²) < 4.78 is 13.5. The van der Waals surface area contributed by atoms with Crippen molar-refractivity contribution in [2.45, 2.75) is 51.6 Å². The van der Waals surface area contributed by atoms with E-state index >= 15 is 0 Å². The summed E-state index contributed by atoms with van der Waals surface area (Å²) >= 11 is 0. The van der Waals surface area contributed by atoms with Crippen LogP contribution in [0.2, 0.25) is 0 Å². The Bertz CT molecular complexity index is 475. The molecule has 3 nitrogen and oxygen atoms in total. The van der Waals surface area contributed by atoms with Crippen LogP contribution in [0.25, 0.3) is 0 Å². The standard InChI is InChI=1S/C16H23FN2O.ClH/c1-11-5-6-13(10-15(11)17)12(2)19-16(20)8-7-14-4-3-9-18-14;/h5-6,10,12,14,18H,3-4,7-9H2,1-2H3,(H,19,20);1H. The van der Waals surface area contributed by atoms with E-state index in [1.54, 1.807) is 13.0 Å². The number of halogens is 2. The van der Waals surface area contributed by atoms with Gasteiger partial charge in [-0.1, -0.05) is 12.1 Å². The van der Waals surface area contributed by atoms with E-state index in [4.69, 9.17) is 0 Å². The molecule has 1 aliphatic rings. The van der Waals surface area contributed by atoms with Gasteiger partial charge in [0.1, 0.15) is 5.82 Å². The van der Waals surface area contributed by atoms with Crippen LogP contribution in [0.15, 0.2) is 18.2 Å². The van der Waals surface area contributed by atoms with Crippen molar-refractivity contribution in [3.63, 3.8) is 0 Å². The molecule has 1 heterocycles. The molecule has 1 aromatic rings. The first kappa shape index (κ1) is 17.9. The van der Waals surface area contributed by atoms with E-state index in [9.17, 15) is 9.18 Å². The maximum Gasteiger partial charge on any atom is 0.220 e. The number of amides is 1. The highest BCUT2D eigenvalue weighted by Gasteiger charge is 2.16. The number of carbonyl (C=O) groups is 1. The number of hydrogen-bond donors (Lipinski definition) is 2. The Morgan fingerprint density at radius 1 is 1.52 bits per heavy atom. The minimum Gasteiger partial charge on any atom is -0.350 e. The quantitative estimate of drug-likeness (QED) is 0.876. The van der Waals surface area contributed by atoms with Gasteiger partial charge in [0.15, 0.2) is 0 Å². The maximum atomic E-state index is 13.5. The van der Waals surface area contributed by atoms with E-state index in [2.05, 4.69) is 10.6 Å². The van der Waals surface area contributed by atoms with Crippen molar-refractivity contribution in [3.8, 4) is 0 Å². The molecule has 0 aliphatic carbocycles. The van der Waals surface area contributed by atoms with Gasteiger partial charge >= 0.3 is 0 Å². The van der Waals surface area contributed by atoms with Gasteiger partial charge in [-0.15, -0.1) is 12.4 Å². The van der Waals surface area contributed by atoms with E-state index < -0.39 is 0 Å². The molecule has 2 unspecified atom stereocenters. The smallest absolute Gasteiger partial charge is 0.220 e. The van der Waals surface area contributed by atoms with E-state index in [-0.39, 0.29) is 30.2 Å². The van der Waals surface area contributed by atoms with Gasteiger partial charge in [0.25, 0.3) is 0 Å². The van der Waals surface area contributed by atoms with Crippen molar-refractivity contribution >= 4 is 18.3 Å². The first-order chi connectivity index (χ1) is 9.56. The molecule has 0 bridgehead atoms. The summed E-state index contributed by atoms with van der Waals surface area (Å²) in [5, 5.41) is 6.31. The third-order valence-corrected chi connectivity index (χ3v) is 3.96. The van der Waals surface area contributed by atoms with Crippen molar-refractivity contribution < 1.29 is 9.18 Å². The Morgan fingerprint density at radius 2 is 2.29 bits per heavy atom. The Morgan fingerprint density at radius 3 is 2.90 bits per heavy atom. The van der Waals surface area contributed by atoms with Gasteiger partial charge < -0.3 is 10.6 Å². The first-order valence-electron chi connectivity index (χ1n) is 7.35. The van der Waals surface area contributed by atoms with Crippen LogP contribution in [-0.4, -0.2) is 18.5 Å². The lowest BCUT2D eigenvalue weighted by molar-refractivity contribution is -0.121. The molecule has 0 radical (unpaired) electrons. The van der Waals surface area contributed by atoms with Gasteiger partial charge in [-0.25, -0.2) is 4.39 Å². The van der Waals surface area contributed by atoms with Gasteiger partial charge in [0, 0.05) is 12.5 Å². The lowest BCUT2D eigenvalue weighted by Gasteiger charge is -2.16. The van der Waals surface area contributed by atoms with Crippen LogP contribution in [0, 0.1) is 12.7 Å². The molecular formula is C16H24ClFN2O. The van der Waals surface area contributed by atoms with Gasteiger partial charge in [-0.05, 0) is 56.8 Å². The summed E-state index contributed by atoms with van der Waals surface area (Å²) in [4.78, 5) is 11.9. The third kappa shape index (κ3) is 5.29. The van der Waals surface area contributed by atoms with Crippen molar-refractivity contribution in [1.82, 2.24) is 10.6 Å². The lowest BCUT2D eigenvalue weighted by atomic mass is 10.1. The lowest BCUT2D eigenvalue weighted by Crippen LogP contribution is -2.29. The molecule has 1 amide bonds. The molecule has 5 heteroatoms. The van der Waals surface area contributed by atoms with Crippen LogP contribution < -0.4 is 10.6 Å². The molecule has 0 saturated carbocycles. The summed E-state index contributed by atoms with van der Waals surface area (Å²) in [6.07, 6.45) is 3.76. The van der Waals surface area contributed by atoms with E-state index in [1.165, 1.54) is 12.5 Å². The Labute approximate surface area is 132 Å². The topological polar surface area (TPSA) is 41.1 Å². The minimum absolute atomic E-state index is 0. The predicted molar refractivity (Wildman–Crippen MR) is 85.2 cm³/mol. The number of benzene rings is 1. The van der Waals surface area contributed by atoms with Crippen LogP contribution >= 0.6 is 12.4 Å². The molecule has 1 saturated heterocycles. The number of nitrogens with one attached hydrogen (secondary N) is 2. The summed E-state index contributed by atoms with van der Waals surface area (Å²) in [6, 6.07) is 5.43. The highest BCUT2D eigenvalue weighted by Crippen LogP contribution is 2.17. The summed E-state index contributed by atoms with van der Waals surface area (Å²) in [7, 11) is 0. The average molecular weight is 315 g/mol. The van der Waals surface area contributed by atoms with Crippen LogP contribution in [0.1, 0.15) is 49.8 Å². The number of rotatable bonds is 5. The summed E-state index contributed by atoms with van der Waals surface area (Å²) in [5.74, 6) is -0.189. The normalized spacial score (nSPS) is 18.9. The first-order valence-corrected chi connectivity index (χ1v) is 7.35. The SMILES string of the molecule is Cc1ccc(C(C)NC(=O)CCC2CCCN2)cc1F.Cl. The Balaban J connectivity index is 0.00000220. The largest absolute Gasteiger partial charge is 0.350 e. The summed E-state index contributed by atoms with van der Waals surface area (Å²) in [5.41, 5.74) is 1.43. The molecule has 0 spiro atoms. The fourth-order valence-electron chi connectivity index (χ4n) is 2.58. The Hall–Kier alpha value is -1.13. The van der Waals surface area contributed by atoms with Crippen LogP contribution in [0.5, 0.6) is 0 Å². The van der Waals surface area contributed by atoms with Gasteiger partial charge in [0.2, 0.25) is 5.91 Å². The zero-order valence-corrected chi connectivity index (χ0v) is 13.4. The predicted octanol–water partition coefficient (Wildman–Crippen LogP) is 3.27. The average Bonchev–Trinajstić information content (AvgIpc) is 2.92. The van der Waals surface area contributed by atoms with Crippen molar-refractivity contribution in [3.05, 3.63) is 35.1 Å². The van der Waals surface area contributed by atoms with Crippen LogP contribution in [-0.2, 0) is 4.79 Å². The maximum absolute atomic E-state index is 13.5. The molecule has 2 atom stereocenters. The fourth-order valence-corrected chi connectivity index (χ4v) is 2.58. The molecule has 0 aromatic heterocycles. The molecule has 2 N–H and O–H groups in total. The van der Waals surface area contributed by atoms with Gasteiger partial charge in [-0.2, -0.15) is 0 Å². The summed E-state index contributed by atoms with van der Waals surface area (Å²) in [6.45, 7) is 4.68. The van der Waals surface area contributed by atoms with Crippen molar-refractivity contribution in [1.29, 1.82) is 0 Å². The molecule has 1 aliphatic heterocycles. The Kier molecular flexibility index (Phi) is 7.12. The van der Waals surface area contributed by atoms with Crippen LogP contribution in [0.3, 0.4) is 0 Å². The van der Waals surface area contributed by atoms with Crippen molar-refractivity contribution in [2.24, 2.45) is 0 Å². The van der Waals surface area contributed by atoms with Gasteiger partial charge in [-0.3, -0.25) is 4.79 Å². The molecule has 2 rings (SSSR count). The zero-order valence-electron chi connectivity index (χ0n) is 12.6. The highest BCUT2D eigenvalue weighted by molar-refractivity contribution is 5.85. The molecule has 1 aromatic carbocycles. The molecule has 21 heavy (non-hydrogen) atoms. The van der Waals surface area contributed by atoms with Gasteiger partial charge in [0.05, 0.1) is 6.04 Å². The third-order valence-electron chi connectivity index (χ3n) is 3.96. The van der Waals surface area contributed by atoms with Crippen LogP contribution in [0.4, 0.5) is 4.39 Å². The van der Waals surface area contributed by atoms with Crippen molar-refractivity contribution in [2.75, 3.05) is 6.54 Å². The minimum atomic E-state index is -0.223. The number of hydrogen-bond acceptors (Lipinski definition) is 2. The second-order valence-electron chi connectivity index (χ2n) is 5.63. The van der Waals surface area contributed by atoms with E-state index in [1.807, 2.05) is 13.0 Å². The second-order valence-corrected chi connectivity index (χ2v) is 5.63. The second kappa shape index (κ2) is 8.35. The zero-order chi connectivity index (χ0) is 14.5.